The quantitative estimate of drug-likeness (QED) is 0.866. The van der Waals surface area contributed by atoms with Crippen LogP contribution in [0, 0.1) is 6.92 Å². The molecule has 0 aromatic carbocycles. The van der Waals surface area contributed by atoms with Gasteiger partial charge in [-0.15, -0.1) is 0 Å². The largest absolute Gasteiger partial charge is 0.389 e. The maximum Gasteiger partial charge on any atom is 0.222 e. The molecule has 20 heavy (non-hydrogen) atoms. The minimum Gasteiger partial charge on any atom is -0.389 e. The van der Waals surface area contributed by atoms with E-state index < -0.39 is 5.60 Å². The third-order valence-electron chi connectivity index (χ3n) is 3.98. The molecule has 0 unspecified atom stereocenters. The summed E-state index contributed by atoms with van der Waals surface area (Å²) in [5, 5.41) is 13.2. The van der Waals surface area contributed by atoms with Crippen molar-refractivity contribution >= 4 is 5.91 Å². The summed E-state index contributed by atoms with van der Waals surface area (Å²) in [6.45, 7) is 2.55. The molecule has 4 heteroatoms. The van der Waals surface area contributed by atoms with Crippen molar-refractivity contribution in [3.8, 4) is 0 Å². The molecule has 1 fully saturated rings. The maximum absolute atomic E-state index is 11.9. The van der Waals surface area contributed by atoms with E-state index in [-0.39, 0.29) is 12.3 Å². The summed E-state index contributed by atoms with van der Waals surface area (Å²) in [4.78, 5) is 16.1. The minimum atomic E-state index is -0.770. The number of carbonyl (C=O) groups is 1. The number of rotatable bonds is 5. The summed E-state index contributed by atoms with van der Waals surface area (Å²) in [5.41, 5.74) is 1.35. The van der Waals surface area contributed by atoms with E-state index in [1.807, 2.05) is 25.3 Å². The normalized spacial score (nSPS) is 17.7. The number of aliphatic hydroxyl groups is 1. The van der Waals surface area contributed by atoms with E-state index in [9.17, 15) is 9.90 Å². The Morgan fingerprint density at radius 1 is 1.35 bits per heavy atom. The molecule has 1 aromatic rings. The zero-order valence-electron chi connectivity index (χ0n) is 12.2. The van der Waals surface area contributed by atoms with Crippen LogP contribution in [0.25, 0.3) is 0 Å². The van der Waals surface area contributed by atoms with Gasteiger partial charge >= 0.3 is 0 Å². The number of pyridine rings is 1. The number of amides is 1. The van der Waals surface area contributed by atoms with Gasteiger partial charge in [0, 0.05) is 18.4 Å². The van der Waals surface area contributed by atoms with E-state index in [2.05, 4.69) is 10.3 Å². The molecule has 2 rings (SSSR count). The zero-order chi connectivity index (χ0) is 14.4. The van der Waals surface area contributed by atoms with Gasteiger partial charge in [-0.2, -0.15) is 0 Å². The van der Waals surface area contributed by atoms with E-state index in [4.69, 9.17) is 0 Å². The molecular formula is C16H24N2O2. The maximum atomic E-state index is 11.9. The minimum absolute atomic E-state index is 0.0468. The molecule has 0 radical (unpaired) electrons. The highest BCUT2D eigenvalue weighted by atomic mass is 16.3. The molecule has 1 aliphatic carbocycles. The number of hydrogen-bond donors (Lipinski definition) is 2. The second-order valence-corrected chi connectivity index (χ2v) is 5.87. The van der Waals surface area contributed by atoms with Crippen LogP contribution < -0.4 is 5.32 Å². The van der Waals surface area contributed by atoms with Crippen molar-refractivity contribution < 1.29 is 9.90 Å². The molecule has 0 spiro atoms. The van der Waals surface area contributed by atoms with Crippen molar-refractivity contribution in [2.24, 2.45) is 0 Å². The Morgan fingerprint density at radius 3 is 2.75 bits per heavy atom. The molecule has 0 aliphatic heterocycles. The lowest BCUT2D eigenvalue weighted by Crippen LogP contribution is -2.38. The SMILES string of the molecule is Cc1ccc(CCNC(=O)CC2(O)CCCCC2)cn1. The molecule has 110 valence electrons. The molecule has 0 atom stereocenters. The zero-order valence-corrected chi connectivity index (χ0v) is 12.2. The fourth-order valence-corrected chi connectivity index (χ4v) is 2.74. The fraction of sp³-hybridized carbons (Fsp3) is 0.625. The van der Waals surface area contributed by atoms with Crippen LogP contribution in [-0.4, -0.2) is 28.1 Å². The Balaban J connectivity index is 1.71. The first kappa shape index (κ1) is 15.0. The molecule has 4 nitrogen and oxygen atoms in total. The van der Waals surface area contributed by atoms with Gasteiger partial charge in [-0.25, -0.2) is 0 Å². The van der Waals surface area contributed by atoms with Crippen LogP contribution in [-0.2, 0) is 11.2 Å². The second-order valence-electron chi connectivity index (χ2n) is 5.87. The Kier molecular flexibility index (Phi) is 5.12. The van der Waals surface area contributed by atoms with Gasteiger partial charge in [-0.05, 0) is 37.8 Å². The van der Waals surface area contributed by atoms with Gasteiger partial charge in [0.15, 0.2) is 0 Å². The highest BCUT2D eigenvalue weighted by molar-refractivity contribution is 5.77. The second kappa shape index (κ2) is 6.84. The predicted molar refractivity (Wildman–Crippen MR) is 78.3 cm³/mol. The summed E-state index contributed by atoms with van der Waals surface area (Å²) in [6.07, 6.45) is 7.58. The highest BCUT2D eigenvalue weighted by Crippen LogP contribution is 2.30. The molecular weight excluding hydrogens is 252 g/mol. The van der Waals surface area contributed by atoms with Gasteiger partial charge in [0.2, 0.25) is 5.91 Å². The average molecular weight is 276 g/mol. The van der Waals surface area contributed by atoms with Crippen LogP contribution in [0.5, 0.6) is 0 Å². The number of nitrogens with zero attached hydrogens (tertiary/aromatic N) is 1. The molecule has 1 heterocycles. The van der Waals surface area contributed by atoms with E-state index in [1.165, 1.54) is 6.42 Å². The number of aryl methyl sites for hydroxylation is 1. The van der Waals surface area contributed by atoms with Crippen molar-refractivity contribution in [3.63, 3.8) is 0 Å². The Bertz CT molecular complexity index is 436. The molecule has 1 amide bonds. The van der Waals surface area contributed by atoms with Crippen molar-refractivity contribution in [3.05, 3.63) is 29.6 Å². The van der Waals surface area contributed by atoms with Gasteiger partial charge in [0.05, 0.1) is 12.0 Å². The van der Waals surface area contributed by atoms with Gasteiger partial charge in [0.1, 0.15) is 0 Å². The lowest BCUT2D eigenvalue weighted by atomic mass is 9.82. The van der Waals surface area contributed by atoms with Crippen molar-refractivity contribution in [2.45, 2.75) is 57.5 Å². The molecule has 0 saturated heterocycles. The van der Waals surface area contributed by atoms with Crippen LogP contribution in [0.4, 0.5) is 0 Å². The summed E-state index contributed by atoms with van der Waals surface area (Å²) >= 11 is 0. The van der Waals surface area contributed by atoms with Gasteiger partial charge in [0.25, 0.3) is 0 Å². The molecule has 1 aliphatic rings. The highest BCUT2D eigenvalue weighted by Gasteiger charge is 2.31. The number of nitrogens with one attached hydrogen (secondary N) is 1. The van der Waals surface area contributed by atoms with Crippen LogP contribution >= 0.6 is 0 Å². The summed E-state index contributed by atoms with van der Waals surface area (Å²) in [7, 11) is 0. The lowest BCUT2D eigenvalue weighted by molar-refractivity contribution is -0.127. The Labute approximate surface area is 120 Å². The molecule has 1 aromatic heterocycles. The first-order valence-electron chi connectivity index (χ1n) is 7.48. The van der Waals surface area contributed by atoms with Crippen molar-refractivity contribution in [1.82, 2.24) is 10.3 Å². The number of aromatic nitrogens is 1. The van der Waals surface area contributed by atoms with Gasteiger partial charge in [-0.1, -0.05) is 25.3 Å². The number of carbonyl (C=O) groups excluding carboxylic acids is 1. The predicted octanol–water partition coefficient (Wildman–Crippen LogP) is 2.13. The van der Waals surface area contributed by atoms with Crippen LogP contribution in [0.3, 0.4) is 0 Å². The summed E-state index contributed by atoms with van der Waals surface area (Å²) in [6, 6.07) is 4.01. The molecule has 0 bridgehead atoms. The Morgan fingerprint density at radius 2 is 2.10 bits per heavy atom. The summed E-state index contributed by atoms with van der Waals surface area (Å²) in [5.74, 6) is -0.0468. The first-order valence-corrected chi connectivity index (χ1v) is 7.48. The monoisotopic (exact) mass is 276 g/mol. The van der Waals surface area contributed by atoms with E-state index in [1.54, 1.807) is 0 Å². The Hall–Kier alpha value is -1.42. The first-order chi connectivity index (χ1) is 9.57. The van der Waals surface area contributed by atoms with E-state index in [0.29, 0.717) is 6.54 Å². The van der Waals surface area contributed by atoms with E-state index in [0.717, 1.165) is 43.4 Å². The lowest BCUT2D eigenvalue weighted by Gasteiger charge is -2.31. The molecule has 2 N–H and O–H groups in total. The van der Waals surface area contributed by atoms with E-state index >= 15 is 0 Å². The van der Waals surface area contributed by atoms with Crippen LogP contribution in [0.1, 0.15) is 49.8 Å². The van der Waals surface area contributed by atoms with Gasteiger partial charge in [-0.3, -0.25) is 9.78 Å². The molecule has 1 saturated carbocycles. The standard InChI is InChI=1S/C16H24N2O2/c1-13-5-6-14(12-18-13)7-10-17-15(19)11-16(20)8-3-2-4-9-16/h5-6,12,20H,2-4,7-11H2,1H3,(H,17,19). The summed E-state index contributed by atoms with van der Waals surface area (Å²) < 4.78 is 0. The van der Waals surface area contributed by atoms with Crippen LogP contribution in [0.15, 0.2) is 18.3 Å². The van der Waals surface area contributed by atoms with Crippen molar-refractivity contribution in [2.75, 3.05) is 6.54 Å². The van der Waals surface area contributed by atoms with Crippen LogP contribution in [0.2, 0.25) is 0 Å². The van der Waals surface area contributed by atoms with Crippen molar-refractivity contribution in [1.29, 1.82) is 0 Å². The van der Waals surface area contributed by atoms with Gasteiger partial charge < -0.3 is 10.4 Å². The smallest absolute Gasteiger partial charge is 0.222 e. The third kappa shape index (κ3) is 4.60. The average Bonchev–Trinajstić information content (AvgIpc) is 2.41. The fourth-order valence-electron chi connectivity index (χ4n) is 2.74. The topological polar surface area (TPSA) is 62.2 Å². The number of hydrogen-bond acceptors (Lipinski definition) is 3. The third-order valence-corrected chi connectivity index (χ3v) is 3.98.